The summed E-state index contributed by atoms with van der Waals surface area (Å²) in [7, 11) is 0. The van der Waals surface area contributed by atoms with Gasteiger partial charge in [-0.25, -0.2) is 4.68 Å². The maximum atomic E-state index is 11.5. The van der Waals surface area contributed by atoms with Crippen LogP contribution in [0.1, 0.15) is 27.7 Å². The third kappa shape index (κ3) is 4.33. The van der Waals surface area contributed by atoms with Crippen LogP contribution in [0.3, 0.4) is 0 Å². The van der Waals surface area contributed by atoms with Crippen molar-refractivity contribution in [3.05, 3.63) is 0 Å². The Bertz CT molecular complexity index is 367. The molecule has 1 unspecified atom stereocenters. The van der Waals surface area contributed by atoms with E-state index in [0.29, 0.717) is 17.7 Å². The minimum Gasteiger partial charge on any atom is -0.465 e. The number of hydrogen-bond donors (Lipinski definition) is 0. The minimum atomic E-state index is -0.299. The van der Waals surface area contributed by atoms with Crippen molar-refractivity contribution in [3.63, 3.8) is 0 Å². The van der Waals surface area contributed by atoms with Crippen molar-refractivity contribution in [1.29, 1.82) is 0 Å². The number of hydrogen-bond acceptors (Lipinski definition) is 6. The van der Waals surface area contributed by atoms with Gasteiger partial charge in [0.1, 0.15) is 5.25 Å². The first-order valence-corrected chi connectivity index (χ1v) is 6.52. The van der Waals surface area contributed by atoms with Gasteiger partial charge in [-0.2, -0.15) is 0 Å². The summed E-state index contributed by atoms with van der Waals surface area (Å²) in [4.78, 5) is 11.5. The highest BCUT2D eigenvalue weighted by Crippen LogP contribution is 2.21. The minimum absolute atomic E-state index is 0.239. The van der Waals surface area contributed by atoms with Gasteiger partial charge in [-0.1, -0.05) is 25.6 Å². The number of nitrogens with zero attached hydrogens (tertiary/aromatic N) is 4. The van der Waals surface area contributed by atoms with E-state index in [9.17, 15) is 4.79 Å². The Morgan fingerprint density at radius 3 is 2.76 bits per heavy atom. The van der Waals surface area contributed by atoms with E-state index in [1.807, 2.05) is 0 Å². The lowest BCUT2D eigenvalue weighted by Crippen LogP contribution is -2.18. The molecule has 0 fully saturated rings. The first-order chi connectivity index (χ1) is 8.04. The molecule has 0 saturated heterocycles. The molecule has 7 heteroatoms. The first kappa shape index (κ1) is 14.0. The average Bonchev–Trinajstić information content (AvgIpc) is 2.65. The van der Waals surface area contributed by atoms with Crippen LogP contribution in [0.15, 0.2) is 5.16 Å². The third-order valence-electron chi connectivity index (χ3n) is 1.94. The van der Waals surface area contributed by atoms with E-state index in [-0.39, 0.29) is 11.2 Å². The summed E-state index contributed by atoms with van der Waals surface area (Å²) in [5.41, 5.74) is 0. The topological polar surface area (TPSA) is 69.9 Å². The lowest BCUT2D eigenvalue weighted by atomic mass is 10.2. The van der Waals surface area contributed by atoms with Gasteiger partial charge in [0.05, 0.1) is 6.61 Å². The third-order valence-corrected chi connectivity index (χ3v) is 2.99. The number of ether oxygens (including phenoxy) is 1. The second-order valence-corrected chi connectivity index (χ2v) is 5.36. The molecule has 1 heterocycles. The smallest absolute Gasteiger partial charge is 0.319 e. The lowest BCUT2D eigenvalue weighted by molar-refractivity contribution is -0.142. The van der Waals surface area contributed by atoms with Gasteiger partial charge in [-0.3, -0.25) is 4.79 Å². The molecule has 1 rings (SSSR count). The van der Waals surface area contributed by atoms with Crippen LogP contribution in [0, 0.1) is 5.92 Å². The van der Waals surface area contributed by atoms with Crippen molar-refractivity contribution >= 4 is 17.7 Å². The van der Waals surface area contributed by atoms with Crippen LogP contribution in [0.4, 0.5) is 0 Å². The van der Waals surface area contributed by atoms with E-state index in [2.05, 4.69) is 29.4 Å². The Morgan fingerprint density at radius 1 is 1.47 bits per heavy atom. The number of carbonyl (C=O) groups is 1. The summed E-state index contributed by atoms with van der Waals surface area (Å²) in [6.07, 6.45) is 0. The summed E-state index contributed by atoms with van der Waals surface area (Å²) in [5.74, 6) is 0.215. The second-order valence-electron chi connectivity index (χ2n) is 4.05. The molecule has 0 spiro atoms. The summed E-state index contributed by atoms with van der Waals surface area (Å²) < 4.78 is 6.65. The molecule has 1 atom stereocenters. The van der Waals surface area contributed by atoms with Crippen LogP contribution in [0.5, 0.6) is 0 Å². The van der Waals surface area contributed by atoms with Gasteiger partial charge in [0.15, 0.2) is 0 Å². The van der Waals surface area contributed by atoms with Crippen LogP contribution < -0.4 is 0 Å². The van der Waals surface area contributed by atoms with Gasteiger partial charge in [0, 0.05) is 6.54 Å². The second kappa shape index (κ2) is 6.58. The number of esters is 1. The van der Waals surface area contributed by atoms with Crippen LogP contribution in [-0.4, -0.2) is 38.0 Å². The molecule has 0 aliphatic heterocycles. The van der Waals surface area contributed by atoms with E-state index >= 15 is 0 Å². The fourth-order valence-corrected chi connectivity index (χ4v) is 2.00. The van der Waals surface area contributed by atoms with Crippen LogP contribution in [-0.2, 0) is 16.1 Å². The number of carbonyl (C=O) groups excluding carboxylic acids is 1. The van der Waals surface area contributed by atoms with E-state index in [0.717, 1.165) is 6.54 Å². The highest BCUT2D eigenvalue weighted by atomic mass is 32.2. The number of aromatic nitrogens is 4. The molecular formula is C10H18N4O2S. The standard InChI is InChI=1S/C10H18N4O2S/c1-5-16-9(15)8(4)17-10-11-12-13-14(10)6-7(2)3/h7-8H,5-6H2,1-4H3. The zero-order valence-electron chi connectivity index (χ0n) is 10.6. The molecule has 0 amide bonds. The SMILES string of the molecule is CCOC(=O)C(C)Sc1nnnn1CC(C)C. The van der Waals surface area contributed by atoms with Crippen molar-refractivity contribution in [2.24, 2.45) is 5.92 Å². The molecule has 0 saturated carbocycles. The zero-order chi connectivity index (χ0) is 12.8. The van der Waals surface area contributed by atoms with E-state index in [4.69, 9.17) is 4.74 Å². The van der Waals surface area contributed by atoms with E-state index < -0.39 is 0 Å². The molecule has 0 aliphatic rings. The predicted octanol–water partition coefficient (Wildman–Crippen LogP) is 1.37. The van der Waals surface area contributed by atoms with Crippen LogP contribution in [0.2, 0.25) is 0 Å². The molecule has 0 bridgehead atoms. The van der Waals surface area contributed by atoms with Gasteiger partial charge >= 0.3 is 5.97 Å². The summed E-state index contributed by atoms with van der Waals surface area (Å²) >= 11 is 1.32. The molecule has 0 aliphatic carbocycles. The Balaban J connectivity index is 2.61. The first-order valence-electron chi connectivity index (χ1n) is 5.64. The summed E-state index contributed by atoms with van der Waals surface area (Å²) in [6, 6.07) is 0. The van der Waals surface area contributed by atoms with Crippen molar-refractivity contribution in [3.8, 4) is 0 Å². The average molecular weight is 258 g/mol. The number of thioether (sulfide) groups is 1. The Kier molecular flexibility index (Phi) is 5.40. The maximum Gasteiger partial charge on any atom is 0.319 e. The monoisotopic (exact) mass is 258 g/mol. The van der Waals surface area contributed by atoms with Gasteiger partial charge in [0.2, 0.25) is 5.16 Å². The van der Waals surface area contributed by atoms with Crippen molar-refractivity contribution < 1.29 is 9.53 Å². The van der Waals surface area contributed by atoms with E-state index in [1.54, 1.807) is 18.5 Å². The van der Waals surface area contributed by atoms with Crippen molar-refractivity contribution in [2.75, 3.05) is 6.61 Å². The summed E-state index contributed by atoms with van der Waals surface area (Å²) in [6.45, 7) is 8.89. The van der Waals surface area contributed by atoms with E-state index in [1.165, 1.54) is 11.8 Å². The van der Waals surface area contributed by atoms with Gasteiger partial charge < -0.3 is 4.74 Å². The summed E-state index contributed by atoms with van der Waals surface area (Å²) in [5, 5.41) is 11.8. The maximum absolute atomic E-state index is 11.5. The van der Waals surface area contributed by atoms with Crippen molar-refractivity contribution in [2.45, 2.75) is 44.6 Å². The molecule has 17 heavy (non-hydrogen) atoms. The molecule has 0 N–H and O–H groups in total. The van der Waals surface area contributed by atoms with Crippen LogP contribution in [0.25, 0.3) is 0 Å². The molecule has 6 nitrogen and oxygen atoms in total. The zero-order valence-corrected chi connectivity index (χ0v) is 11.4. The fraction of sp³-hybridized carbons (Fsp3) is 0.800. The Labute approximate surface area is 105 Å². The van der Waals surface area contributed by atoms with Gasteiger partial charge in [-0.15, -0.1) is 5.10 Å². The Morgan fingerprint density at radius 2 is 2.18 bits per heavy atom. The van der Waals surface area contributed by atoms with Gasteiger partial charge in [-0.05, 0) is 30.2 Å². The largest absolute Gasteiger partial charge is 0.465 e. The fourth-order valence-electron chi connectivity index (χ4n) is 1.21. The molecule has 1 aromatic heterocycles. The van der Waals surface area contributed by atoms with Gasteiger partial charge in [0.25, 0.3) is 0 Å². The highest BCUT2D eigenvalue weighted by Gasteiger charge is 2.19. The molecule has 1 aromatic rings. The molecule has 0 aromatic carbocycles. The molecular weight excluding hydrogens is 240 g/mol. The van der Waals surface area contributed by atoms with Crippen LogP contribution >= 0.6 is 11.8 Å². The molecule has 0 radical (unpaired) electrons. The predicted molar refractivity (Wildman–Crippen MR) is 64.6 cm³/mol. The lowest BCUT2D eigenvalue weighted by Gasteiger charge is -2.10. The normalized spacial score (nSPS) is 12.8. The van der Waals surface area contributed by atoms with Crippen molar-refractivity contribution in [1.82, 2.24) is 20.2 Å². The highest BCUT2D eigenvalue weighted by molar-refractivity contribution is 8.00. The Hall–Kier alpha value is -1.11. The number of tetrazole rings is 1. The quantitative estimate of drug-likeness (QED) is 0.567. The number of rotatable bonds is 6. The molecule has 96 valence electrons.